The van der Waals surface area contributed by atoms with Gasteiger partial charge in [0, 0.05) is 25.2 Å². The van der Waals surface area contributed by atoms with Gasteiger partial charge in [0.15, 0.2) is 5.78 Å². The average Bonchev–Trinajstić information content (AvgIpc) is 2.71. The topological polar surface area (TPSA) is 102 Å². The van der Waals surface area contributed by atoms with Crippen LogP contribution in [0.1, 0.15) is 45.5 Å². The quantitative estimate of drug-likeness (QED) is 0.722. The summed E-state index contributed by atoms with van der Waals surface area (Å²) >= 11 is 0. The molecule has 0 saturated carbocycles. The maximum atomic E-state index is 12.9. The Morgan fingerprint density at radius 2 is 1.79 bits per heavy atom. The van der Waals surface area contributed by atoms with Gasteiger partial charge in [0.25, 0.3) is 11.5 Å². The molecular weight excluding hydrogens is 392 g/mol. The second kappa shape index (κ2) is 8.73. The van der Waals surface area contributed by atoms with Crippen molar-refractivity contribution in [3.05, 3.63) is 69.6 Å². The highest BCUT2D eigenvalue weighted by Crippen LogP contribution is 2.23. The van der Waals surface area contributed by atoms with E-state index in [0.717, 1.165) is 5.56 Å². The monoisotopic (exact) mass is 416 g/mol. The van der Waals surface area contributed by atoms with Gasteiger partial charge in [0.05, 0.1) is 18.1 Å². The predicted molar refractivity (Wildman–Crippen MR) is 110 cm³/mol. The van der Waals surface area contributed by atoms with Crippen molar-refractivity contribution in [2.45, 2.75) is 25.8 Å². The molecule has 0 aliphatic carbocycles. The van der Waals surface area contributed by atoms with E-state index in [-0.39, 0.29) is 47.3 Å². The van der Waals surface area contributed by atoms with Gasteiger partial charge in [-0.05, 0) is 30.4 Å². The predicted octanol–water partition coefficient (Wildman–Crippen LogP) is 1.65. The molecule has 1 aromatic heterocycles. The van der Waals surface area contributed by atoms with Crippen molar-refractivity contribution < 1.29 is 18.0 Å². The lowest BCUT2D eigenvalue weighted by atomic mass is 9.93. The minimum atomic E-state index is -2.99. The second-order valence-electron chi connectivity index (χ2n) is 7.36. The molecule has 154 valence electrons. The third-order valence-electron chi connectivity index (χ3n) is 5.22. The van der Waals surface area contributed by atoms with Gasteiger partial charge in [-0.3, -0.25) is 14.4 Å². The first-order valence-corrected chi connectivity index (χ1v) is 11.4. The molecule has 1 aromatic carbocycles. The molecule has 0 spiro atoms. The van der Waals surface area contributed by atoms with Crippen LogP contribution < -0.4 is 10.9 Å². The first kappa shape index (κ1) is 21.0. The number of Topliss-reactive ketones (excluding diaryl/α,β-unsaturated/α-hetero) is 1. The Hall–Kier alpha value is -2.74. The molecule has 8 heteroatoms. The zero-order valence-electron chi connectivity index (χ0n) is 16.3. The number of ketones is 1. The zero-order chi connectivity index (χ0) is 21.0. The number of carbonyl (C=O) groups excluding carboxylic acids is 2. The SMILES string of the molecule is CNC(=O)c1cc(C(=O)CC2CCS(=O)(=O)CC2)cn(Cc2ccccc2)c1=O. The van der Waals surface area contributed by atoms with Crippen LogP contribution in [0.3, 0.4) is 0 Å². The Kier molecular flexibility index (Phi) is 6.32. The van der Waals surface area contributed by atoms with Gasteiger partial charge >= 0.3 is 0 Å². The number of amides is 1. The van der Waals surface area contributed by atoms with Crippen LogP contribution in [0.4, 0.5) is 0 Å². The van der Waals surface area contributed by atoms with Gasteiger partial charge in [-0.25, -0.2) is 8.42 Å². The van der Waals surface area contributed by atoms with Crippen LogP contribution >= 0.6 is 0 Å². The summed E-state index contributed by atoms with van der Waals surface area (Å²) in [5.41, 5.74) is 0.612. The van der Waals surface area contributed by atoms with Gasteiger partial charge in [-0.1, -0.05) is 30.3 Å². The summed E-state index contributed by atoms with van der Waals surface area (Å²) in [6.45, 7) is 0.243. The Balaban J connectivity index is 1.89. The van der Waals surface area contributed by atoms with Gasteiger partial charge < -0.3 is 9.88 Å². The van der Waals surface area contributed by atoms with E-state index in [1.807, 2.05) is 30.3 Å². The minimum Gasteiger partial charge on any atom is -0.355 e. The van der Waals surface area contributed by atoms with E-state index in [2.05, 4.69) is 5.32 Å². The lowest BCUT2D eigenvalue weighted by Crippen LogP contribution is -2.32. The highest BCUT2D eigenvalue weighted by Gasteiger charge is 2.26. The van der Waals surface area contributed by atoms with Crippen LogP contribution in [0.15, 0.2) is 47.4 Å². The summed E-state index contributed by atoms with van der Waals surface area (Å²) in [6, 6.07) is 10.6. The lowest BCUT2D eigenvalue weighted by Gasteiger charge is -2.21. The molecule has 1 amide bonds. The number of benzene rings is 1. The molecule has 1 fully saturated rings. The van der Waals surface area contributed by atoms with Crippen LogP contribution in [-0.2, 0) is 16.4 Å². The van der Waals surface area contributed by atoms with Gasteiger partial charge in [-0.15, -0.1) is 0 Å². The molecule has 1 aliphatic rings. The smallest absolute Gasteiger partial charge is 0.263 e. The maximum absolute atomic E-state index is 12.9. The van der Waals surface area contributed by atoms with E-state index in [4.69, 9.17) is 0 Å². The van der Waals surface area contributed by atoms with Crippen molar-refractivity contribution in [3.63, 3.8) is 0 Å². The molecule has 2 heterocycles. The molecule has 0 atom stereocenters. The minimum absolute atomic E-state index is 0.0102. The number of nitrogens with zero attached hydrogens (tertiary/aromatic N) is 1. The summed E-state index contributed by atoms with van der Waals surface area (Å²) in [6.07, 6.45) is 2.61. The van der Waals surface area contributed by atoms with Gasteiger partial charge in [0.1, 0.15) is 15.4 Å². The number of hydrogen-bond acceptors (Lipinski definition) is 5. The van der Waals surface area contributed by atoms with E-state index >= 15 is 0 Å². The number of nitrogens with one attached hydrogen (secondary N) is 1. The lowest BCUT2D eigenvalue weighted by molar-refractivity contribution is 0.0957. The van der Waals surface area contributed by atoms with Crippen molar-refractivity contribution >= 4 is 21.5 Å². The fourth-order valence-corrected chi connectivity index (χ4v) is 5.10. The van der Waals surface area contributed by atoms with Crippen LogP contribution in [0, 0.1) is 5.92 Å². The standard InChI is InChI=1S/C21H24N2O5S/c1-22-20(25)18-12-17(19(24)11-15-7-9-29(27,28)10-8-15)14-23(21(18)26)13-16-5-3-2-4-6-16/h2-6,12,14-15H,7-11,13H2,1H3,(H,22,25). The molecule has 0 bridgehead atoms. The van der Waals surface area contributed by atoms with E-state index in [0.29, 0.717) is 12.8 Å². The highest BCUT2D eigenvalue weighted by atomic mass is 32.2. The molecule has 1 saturated heterocycles. The Morgan fingerprint density at radius 1 is 1.14 bits per heavy atom. The number of rotatable bonds is 6. The fourth-order valence-electron chi connectivity index (χ4n) is 3.51. The van der Waals surface area contributed by atoms with Crippen LogP contribution in [-0.4, -0.2) is 43.2 Å². The highest BCUT2D eigenvalue weighted by molar-refractivity contribution is 7.91. The molecule has 29 heavy (non-hydrogen) atoms. The first-order valence-electron chi connectivity index (χ1n) is 9.53. The van der Waals surface area contributed by atoms with E-state index in [1.165, 1.54) is 23.9 Å². The molecule has 0 radical (unpaired) electrons. The van der Waals surface area contributed by atoms with Gasteiger partial charge in [0.2, 0.25) is 0 Å². The zero-order valence-corrected chi connectivity index (χ0v) is 17.1. The number of sulfone groups is 1. The molecular formula is C21H24N2O5S. The average molecular weight is 416 g/mol. The number of carbonyl (C=O) groups is 2. The molecule has 1 N–H and O–H groups in total. The normalized spacial score (nSPS) is 16.3. The number of aromatic nitrogens is 1. The Morgan fingerprint density at radius 3 is 2.41 bits per heavy atom. The molecule has 7 nitrogen and oxygen atoms in total. The molecule has 3 rings (SSSR count). The summed E-state index contributed by atoms with van der Waals surface area (Å²) < 4.78 is 24.6. The van der Waals surface area contributed by atoms with Crippen molar-refractivity contribution in [3.8, 4) is 0 Å². The van der Waals surface area contributed by atoms with Crippen LogP contribution in [0.2, 0.25) is 0 Å². The van der Waals surface area contributed by atoms with Crippen molar-refractivity contribution in [1.82, 2.24) is 9.88 Å². The molecule has 1 aliphatic heterocycles. The molecule has 0 unspecified atom stereocenters. The van der Waals surface area contributed by atoms with E-state index in [9.17, 15) is 22.8 Å². The van der Waals surface area contributed by atoms with Gasteiger partial charge in [-0.2, -0.15) is 0 Å². The third-order valence-corrected chi connectivity index (χ3v) is 6.94. The number of hydrogen-bond donors (Lipinski definition) is 1. The Bertz CT molecular complexity index is 1060. The number of pyridine rings is 1. The van der Waals surface area contributed by atoms with Crippen molar-refractivity contribution in [2.75, 3.05) is 18.6 Å². The summed E-state index contributed by atoms with van der Waals surface area (Å²) in [5, 5.41) is 2.44. The Labute approximate surface area is 169 Å². The van der Waals surface area contributed by atoms with Crippen LogP contribution in [0.5, 0.6) is 0 Å². The second-order valence-corrected chi connectivity index (χ2v) is 9.67. The molecule has 2 aromatic rings. The summed E-state index contributed by atoms with van der Waals surface area (Å²) in [4.78, 5) is 37.8. The summed E-state index contributed by atoms with van der Waals surface area (Å²) in [5.74, 6) is -0.551. The van der Waals surface area contributed by atoms with Crippen LogP contribution in [0.25, 0.3) is 0 Å². The first-order chi connectivity index (χ1) is 13.8. The third kappa shape index (κ3) is 5.20. The largest absolute Gasteiger partial charge is 0.355 e. The van der Waals surface area contributed by atoms with E-state index in [1.54, 1.807) is 0 Å². The fraction of sp³-hybridized carbons (Fsp3) is 0.381. The van der Waals surface area contributed by atoms with Crippen molar-refractivity contribution in [1.29, 1.82) is 0 Å². The summed E-state index contributed by atoms with van der Waals surface area (Å²) in [7, 11) is -1.56. The maximum Gasteiger partial charge on any atom is 0.263 e. The van der Waals surface area contributed by atoms with E-state index < -0.39 is 21.3 Å². The van der Waals surface area contributed by atoms with Crippen molar-refractivity contribution in [2.24, 2.45) is 5.92 Å².